The van der Waals surface area contributed by atoms with Crippen LogP contribution >= 0.6 is 27.3 Å². The van der Waals surface area contributed by atoms with Gasteiger partial charge in [0.15, 0.2) is 16.6 Å². The van der Waals surface area contributed by atoms with Crippen molar-refractivity contribution in [1.29, 1.82) is 0 Å². The minimum atomic E-state index is -0.669. The number of halogens is 1. The lowest BCUT2D eigenvalue weighted by Crippen LogP contribution is -2.40. The quantitative estimate of drug-likeness (QED) is 0.912. The normalized spacial score (nSPS) is 17.0. The van der Waals surface area contributed by atoms with Crippen LogP contribution in [0.3, 0.4) is 0 Å². The minimum absolute atomic E-state index is 0.190. The Balaban J connectivity index is 1.69. The third-order valence-electron chi connectivity index (χ3n) is 2.51. The first-order chi connectivity index (χ1) is 9.22. The van der Waals surface area contributed by atoms with Crippen LogP contribution in [0.1, 0.15) is 0 Å². The Labute approximate surface area is 121 Å². The summed E-state index contributed by atoms with van der Waals surface area (Å²) in [5, 5.41) is 3.22. The van der Waals surface area contributed by atoms with E-state index in [0.717, 1.165) is 3.79 Å². The van der Waals surface area contributed by atoms with Gasteiger partial charge in [-0.2, -0.15) is 0 Å². The van der Waals surface area contributed by atoms with Crippen LogP contribution in [0.5, 0.6) is 11.5 Å². The van der Waals surface area contributed by atoms with Gasteiger partial charge in [-0.15, -0.1) is 0 Å². The van der Waals surface area contributed by atoms with Gasteiger partial charge >= 0.3 is 0 Å². The molecule has 1 atom stereocenters. The fraction of sp³-hybridized carbons (Fsp3) is 0.167. The van der Waals surface area contributed by atoms with E-state index in [9.17, 15) is 4.79 Å². The molecule has 0 radical (unpaired) electrons. The highest BCUT2D eigenvalue weighted by Gasteiger charge is 2.27. The molecule has 1 amide bonds. The van der Waals surface area contributed by atoms with Crippen molar-refractivity contribution in [2.24, 2.45) is 0 Å². The first kappa shape index (κ1) is 12.4. The standard InChI is InChI=1S/C12H9BrN2O3S/c13-10-5-14-12(19-10)15-11(16)9-6-17-7-3-1-2-4-8(7)18-9/h1-5,9H,6H2,(H,14,15,16). The number of aromatic nitrogens is 1. The molecule has 0 bridgehead atoms. The van der Waals surface area contributed by atoms with Gasteiger partial charge in [0.05, 0.1) is 9.98 Å². The lowest BCUT2D eigenvalue weighted by Gasteiger charge is -2.25. The number of para-hydroxylation sites is 2. The van der Waals surface area contributed by atoms with E-state index in [1.165, 1.54) is 11.3 Å². The van der Waals surface area contributed by atoms with Gasteiger partial charge in [0.1, 0.15) is 6.61 Å². The van der Waals surface area contributed by atoms with Gasteiger partial charge in [-0.3, -0.25) is 10.1 Å². The first-order valence-electron chi connectivity index (χ1n) is 5.53. The number of nitrogens with zero attached hydrogens (tertiary/aromatic N) is 1. The van der Waals surface area contributed by atoms with Crippen LogP contribution in [0.2, 0.25) is 0 Å². The zero-order valence-electron chi connectivity index (χ0n) is 9.63. The Morgan fingerprint density at radius 1 is 1.42 bits per heavy atom. The van der Waals surface area contributed by atoms with Crippen molar-refractivity contribution in [1.82, 2.24) is 4.98 Å². The molecule has 2 aromatic rings. The average Bonchev–Trinajstić information content (AvgIpc) is 2.83. The van der Waals surface area contributed by atoms with E-state index >= 15 is 0 Å². The summed E-state index contributed by atoms with van der Waals surface area (Å²) in [6, 6.07) is 7.27. The summed E-state index contributed by atoms with van der Waals surface area (Å²) >= 11 is 4.63. The van der Waals surface area contributed by atoms with Crippen LogP contribution in [0.4, 0.5) is 5.13 Å². The molecule has 98 valence electrons. The molecule has 0 fully saturated rings. The summed E-state index contributed by atoms with van der Waals surface area (Å²) in [4.78, 5) is 16.1. The molecule has 1 aliphatic heterocycles. The van der Waals surface area contributed by atoms with Crippen LogP contribution < -0.4 is 14.8 Å². The average molecular weight is 341 g/mol. The third kappa shape index (κ3) is 2.71. The van der Waals surface area contributed by atoms with Crippen LogP contribution in [0.15, 0.2) is 34.2 Å². The Hall–Kier alpha value is -1.60. The molecule has 1 N–H and O–H groups in total. The van der Waals surface area contributed by atoms with Gasteiger partial charge in [-0.05, 0) is 28.1 Å². The number of hydrogen-bond donors (Lipinski definition) is 1. The van der Waals surface area contributed by atoms with E-state index in [4.69, 9.17) is 9.47 Å². The number of anilines is 1. The summed E-state index contributed by atoms with van der Waals surface area (Å²) in [6.45, 7) is 0.190. The second-order valence-electron chi connectivity index (χ2n) is 3.82. The van der Waals surface area contributed by atoms with E-state index in [1.54, 1.807) is 18.3 Å². The molecule has 0 saturated carbocycles. The highest BCUT2D eigenvalue weighted by Crippen LogP contribution is 2.31. The molecule has 1 aliphatic rings. The second kappa shape index (κ2) is 5.18. The fourth-order valence-electron chi connectivity index (χ4n) is 1.65. The maximum atomic E-state index is 12.0. The Morgan fingerprint density at radius 3 is 2.95 bits per heavy atom. The highest BCUT2D eigenvalue weighted by atomic mass is 79.9. The van der Waals surface area contributed by atoms with E-state index in [1.807, 2.05) is 12.1 Å². The molecule has 0 spiro atoms. The van der Waals surface area contributed by atoms with Gasteiger partial charge in [0.25, 0.3) is 5.91 Å². The van der Waals surface area contributed by atoms with Crippen LogP contribution in [-0.2, 0) is 4.79 Å². The summed E-state index contributed by atoms with van der Waals surface area (Å²) in [5.74, 6) is 0.967. The number of carbonyl (C=O) groups excluding carboxylic acids is 1. The Bertz CT molecular complexity index is 617. The SMILES string of the molecule is O=C(Nc1ncc(Br)s1)C1COc2ccccc2O1. The van der Waals surface area contributed by atoms with Crippen molar-refractivity contribution in [3.63, 3.8) is 0 Å². The molecule has 0 saturated heterocycles. The topological polar surface area (TPSA) is 60.5 Å². The molecule has 1 aromatic heterocycles. The zero-order valence-corrected chi connectivity index (χ0v) is 12.0. The maximum absolute atomic E-state index is 12.0. The largest absolute Gasteiger partial charge is 0.485 e. The van der Waals surface area contributed by atoms with Gasteiger partial charge in [0.2, 0.25) is 6.10 Å². The van der Waals surface area contributed by atoms with Crippen molar-refractivity contribution in [2.75, 3.05) is 11.9 Å². The molecule has 19 heavy (non-hydrogen) atoms. The lowest BCUT2D eigenvalue weighted by molar-refractivity contribution is -0.125. The number of rotatable bonds is 2. The van der Waals surface area contributed by atoms with Crippen molar-refractivity contribution < 1.29 is 14.3 Å². The Morgan fingerprint density at radius 2 is 2.21 bits per heavy atom. The first-order valence-corrected chi connectivity index (χ1v) is 7.14. The third-order valence-corrected chi connectivity index (χ3v) is 3.90. The molecule has 3 rings (SSSR count). The number of amides is 1. The minimum Gasteiger partial charge on any atom is -0.485 e. The van der Waals surface area contributed by atoms with Crippen molar-refractivity contribution >= 4 is 38.3 Å². The number of hydrogen-bond acceptors (Lipinski definition) is 5. The van der Waals surface area contributed by atoms with Gasteiger partial charge in [-0.1, -0.05) is 23.5 Å². The van der Waals surface area contributed by atoms with Crippen molar-refractivity contribution in [2.45, 2.75) is 6.10 Å². The lowest BCUT2D eigenvalue weighted by atomic mass is 10.2. The summed E-state index contributed by atoms with van der Waals surface area (Å²) < 4.78 is 11.9. The molecule has 1 aromatic carbocycles. The molecule has 1 unspecified atom stereocenters. The number of benzene rings is 1. The Kier molecular flexibility index (Phi) is 3.39. The van der Waals surface area contributed by atoms with Crippen LogP contribution in [-0.4, -0.2) is 23.6 Å². The number of nitrogens with one attached hydrogen (secondary N) is 1. The van der Waals surface area contributed by atoms with Crippen molar-refractivity contribution in [3.8, 4) is 11.5 Å². The number of ether oxygens (including phenoxy) is 2. The fourth-order valence-corrected chi connectivity index (χ4v) is 2.76. The summed E-state index contributed by atoms with van der Waals surface area (Å²) in [5.41, 5.74) is 0. The zero-order chi connectivity index (χ0) is 13.2. The maximum Gasteiger partial charge on any atom is 0.270 e. The summed E-state index contributed by atoms with van der Waals surface area (Å²) in [6.07, 6.45) is 0.964. The second-order valence-corrected chi connectivity index (χ2v) is 6.23. The molecular formula is C12H9BrN2O3S. The molecular weight excluding hydrogens is 332 g/mol. The van der Waals surface area contributed by atoms with Crippen molar-refractivity contribution in [3.05, 3.63) is 34.2 Å². The van der Waals surface area contributed by atoms with Crippen LogP contribution in [0, 0.1) is 0 Å². The van der Waals surface area contributed by atoms with E-state index in [2.05, 4.69) is 26.2 Å². The van der Waals surface area contributed by atoms with E-state index in [0.29, 0.717) is 16.6 Å². The number of carbonyl (C=O) groups is 1. The van der Waals surface area contributed by atoms with Gasteiger partial charge in [0, 0.05) is 0 Å². The van der Waals surface area contributed by atoms with E-state index < -0.39 is 6.10 Å². The van der Waals surface area contributed by atoms with Crippen LogP contribution in [0.25, 0.3) is 0 Å². The smallest absolute Gasteiger partial charge is 0.270 e. The molecule has 2 heterocycles. The monoisotopic (exact) mass is 340 g/mol. The number of fused-ring (bicyclic) bond motifs is 1. The predicted molar refractivity (Wildman–Crippen MR) is 74.8 cm³/mol. The molecule has 7 heteroatoms. The number of thiazole rings is 1. The van der Waals surface area contributed by atoms with E-state index in [-0.39, 0.29) is 12.5 Å². The molecule has 0 aliphatic carbocycles. The van der Waals surface area contributed by atoms with Gasteiger partial charge in [-0.25, -0.2) is 4.98 Å². The predicted octanol–water partition coefficient (Wildman–Crippen LogP) is 2.68. The highest BCUT2D eigenvalue weighted by molar-refractivity contribution is 9.11. The van der Waals surface area contributed by atoms with Gasteiger partial charge < -0.3 is 9.47 Å². The summed E-state index contributed by atoms with van der Waals surface area (Å²) in [7, 11) is 0. The molecule has 5 nitrogen and oxygen atoms in total.